The van der Waals surface area contributed by atoms with Crippen molar-refractivity contribution in [3.05, 3.63) is 35.4 Å². The van der Waals surface area contributed by atoms with Crippen molar-refractivity contribution in [1.82, 2.24) is 4.90 Å². The molecule has 3 aliphatic rings. The molecule has 0 aromatic heterocycles. The lowest BCUT2D eigenvalue weighted by atomic mass is 9.64. The number of hydrogen-bond acceptors (Lipinski definition) is 6. The predicted octanol–water partition coefficient (Wildman–Crippen LogP) is 7.08. The molecule has 224 valence electrons. The maximum atomic E-state index is 13.0. The van der Waals surface area contributed by atoms with Gasteiger partial charge in [-0.2, -0.15) is 0 Å². The van der Waals surface area contributed by atoms with E-state index in [0.717, 1.165) is 55.7 Å². The highest BCUT2D eigenvalue weighted by molar-refractivity contribution is 5.68. The fourth-order valence-electron chi connectivity index (χ4n) is 6.30. The number of hydrogen-bond donors (Lipinski definition) is 1. The van der Waals surface area contributed by atoms with Crippen LogP contribution in [-0.2, 0) is 9.47 Å². The van der Waals surface area contributed by atoms with Crippen molar-refractivity contribution in [2.75, 3.05) is 32.9 Å². The quantitative estimate of drug-likeness (QED) is 0.361. The number of amides is 1. The largest absolute Gasteiger partial charge is 0.493 e. The lowest BCUT2D eigenvalue weighted by Gasteiger charge is -2.55. The molecule has 1 aromatic rings. The van der Waals surface area contributed by atoms with E-state index in [4.69, 9.17) is 18.9 Å². The second-order valence-corrected chi connectivity index (χ2v) is 14.6. The molecule has 3 aliphatic heterocycles. The molecule has 0 bridgehead atoms. The Kier molecular flexibility index (Phi) is 8.87. The Balaban J connectivity index is 1.60. The molecule has 1 aromatic carbocycles. The van der Waals surface area contributed by atoms with Crippen LogP contribution in [0.1, 0.15) is 99.2 Å². The summed E-state index contributed by atoms with van der Waals surface area (Å²) >= 11 is 0. The van der Waals surface area contributed by atoms with Crippen LogP contribution in [0, 0.1) is 16.7 Å². The fourth-order valence-corrected chi connectivity index (χ4v) is 6.30. The van der Waals surface area contributed by atoms with Crippen molar-refractivity contribution in [3.63, 3.8) is 0 Å². The van der Waals surface area contributed by atoms with Crippen LogP contribution in [0.25, 0.3) is 0 Å². The van der Waals surface area contributed by atoms with Crippen molar-refractivity contribution >= 4 is 6.09 Å². The van der Waals surface area contributed by atoms with Crippen LogP contribution in [0.4, 0.5) is 4.79 Å². The molecular weight excluding hydrogens is 506 g/mol. The lowest BCUT2D eigenvalue weighted by molar-refractivity contribution is -0.180. The number of carbonyl (C=O) groups is 1. The monoisotopic (exact) mass is 557 g/mol. The highest BCUT2D eigenvalue weighted by Gasteiger charge is 2.55. The standard InChI is InChI=1S/C33H51NO6/c1-23(2)11-9-14-32(8)26-18-33(15-10-16-34(19-33)29(36)40-30(3,4)5)22-38-28(26)25-13-12-24(17-27(25)39-32)37-21-31(6,7)20-35/h11-13,17,26,28,35H,9-10,14-16,18-22H2,1-8H3/t26-,28+,32-,33-/m0/s1. The Bertz CT molecular complexity index is 1090. The molecule has 7 nitrogen and oxygen atoms in total. The molecule has 40 heavy (non-hydrogen) atoms. The van der Waals surface area contributed by atoms with Crippen molar-refractivity contribution in [1.29, 1.82) is 0 Å². The van der Waals surface area contributed by atoms with E-state index in [1.54, 1.807) is 0 Å². The maximum absolute atomic E-state index is 13.0. The summed E-state index contributed by atoms with van der Waals surface area (Å²) in [6, 6.07) is 6.05. The van der Waals surface area contributed by atoms with Gasteiger partial charge in [0.25, 0.3) is 0 Å². The summed E-state index contributed by atoms with van der Waals surface area (Å²) in [5.74, 6) is 1.70. The van der Waals surface area contributed by atoms with E-state index in [-0.39, 0.29) is 35.6 Å². The zero-order valence-corrected chi connectivity index (χ0v) is 26.0. The van der Waals surface area contributed by atoms with Crippen LogP contribution in [0.3, 0.4) is 0 Å². The van der Waals surface area contributed by atoms with Crippen LogP contribution in [0.2, 0.25) is 0 Å². The second-order valence-electron chi connectivity index (χ2n) is 14.6. The number of rotatable bonds is 7. The fraction of sp³-hybridized carbons (Fsp3) is 0.727. The van der Waals surface area contributed by atoms with Crippen molar-refractivity contribution in [3.8, 4) is 11.5 Å². The summed E-state index contributed by atoms with van der Waals surface area (Å²) in [7, 11) is 0. The molecule has 0 saturated carbocycles. The predicted molar refractivity (Wildman–Crippen MR) is 157 cm³/mol. The first-order valence-electron chi connectivity index (χ1n) is 14.9. The van der Waals surface area contributed by atoms with E-state index in [2.05, 4.69) is 32.9 Å². The topological polar surface area (TPSA) is 77.5 Å². The number of likely N-dealkylation sites (tertiary alicyclic amines) is 1. The van der Waals surface area contributed by atoms with Crippen molar-refractivity contribution in [2.45, 2.75) is 105 Å². The first kappa shape index (κ1) is 30.7. The van der Waals surface area contributed by atoms with E-state index in [0.29, 0.717) is 19.8 Å². The Morgan fingerprint density at radius 1 is 1.23 bits per heavy atom. The molecule has 0 unspecified atom stereocenters. The van der Waals surface area contributed by atoms with Crippen LogP contribution in [0.5, 0.6) is 11.5 Å². The van der Waals surface area contributed by atoms with Crippen molar-refractivity contribution in [2.24, 2.45) is 16.7 Å². The first-order chi connectivity index (χ1) is 18.6. The normalized spacial score (nSPS) is 28.3. The third-order valence-electron chi connectivity index (χ3n) is 8.57. The van der Waals surface area contributed by atoms with Crippen LogP contribution in [-0.4, -0.2) is 60.2 Å². The van der Waals surface area contributed by atoms with Gasteiger partial charge in [0.1, 0.15) is 22.7 Å². The van der Waals surface area contributed by atoms with Gasteiger partial charge in [0, 0.05) is 41.5 Å². The molecule has 1 amide bonds. The summed E-state index contributed by atoms with van der Waals surface area (Å²) in [4.78, 5) is 14.9. The van der Waals surface area contributed by atoms with Gasteiger partial charge in [-0.05, 0) is 85.8 Å². The van der Waals surface area contributed by atoms with Crippen molar-refractivity contribution < 1.29 is 28.8 Å². The SMILES string of the molecule is CC(C)=CCC[C@]1(C)Oc2cc(OCC(C)(C)CO)ccc2[C@H]2OC[C@@]3(CCCN(C(=O)OC(C)(C)C)C3)C[C@@H]21. The molecule has 4 rings (SSSR count). The molecule has 0 aliphatic carbocycles. The van der Waals surface area contributed by atoms with Gasteiger partial charge in [0.15, 0.2) is 0 Å². The molecule has 7 heteroatoms. The Labute approximate surface area is 241 Å². The second kappa shape index (κ2) is 11.6. The third-order valence-corrected chi connectivity index (χ3v) is 8.57. The van der Waals surface area contributed by atoms with Crippen LogP contribution >= 0.6 is 0 Å². The number of nitrogens with zero attached hydrogens (tertiary/aromatic N) is 1. The van der Waals surface area contributed by atoms with Crippen LogP contribution in [0.15, 0.2) is 29.8 Å². The summed E-state index contributed by atoms with van der Waals surface area (Å²) in [5.41, 5.74) is 0.969. The molecule has 0 radical (unpaired) electrons. The number of aliphatic hydroxyl groups excluding tert-OH is 1. The lowest BCUT2D eigenvalue weighted by Crippen LogP contribution is -2.57. The molecule has 4 atom stereocenters. The third kappa shape index (κ3) is 7.14. The molecule has 1 N–H and O–H groups in total. The number of piperidine rings is 1. The first-order valence-corrected chi connectivity index (χ1v) is 14.9. The number of fused-ring (bicyclic) bond motifs is 3. The minimum atomic E-state index is -0.517. The molecule has 2 saturated heterocycles. The summed E-state index contributed by atoms with van der Waals surface area (Å²) in [6.07, 6.45) is 6.67. The summed E-state index contributed by atoms with van der Waals surface area (Å²) < 4.78 is 25.5. The summed E-state index contributed by atoms with van der Waals surface area (Å²) in [6.45, 7) is 18.6. The Morgan fingerprint density at radius 2 is 1.98 bits per heavy atom. The number of allylic oxidation sites excluding steroid dienone is 2. The maximum Gasteiger partial charge on any atom is 0.410 e. The Hall–Kier alpha value is -2.25. The average Bonchev–Trinajstić information content (AvgIpc) is 2.86. The molecular formula is C33H51NO6. The summed E-state index contributed by atoms with van der Waals surface area (Å²) in [5, 5.41) is 9.63. The highest BCUT2D eigenvalue weighted by Crippen LogP contribution is 2.56. The van der Waals surface area contributed by atoms with Gasteiger partial charge in [0.05, 0.1) is 25.9 Å². The Morgan fingerprint density at radius 3 is 2.65 bits per heavy atom. The van der Waals surface area contributed by atoms with Gasteiger partial charge in [-0.15, -0.1) is 0 Å². The van der Waals surface area contributed by atoms with E-state index in [1.165, 1.54) is 5.57 Å². The smallest absolute Gasteiger partial charge is 0.410 e. The molecule has 3 heterocycles. The van der Waals surface area contributed by atoms with Gasteiger partial charge in [-0.25, -0.2) is 4.79 Å². The van der Waals surface area contributed by atoms with Gasteiger partial charge in [-0.3, -0.25) is 0 Å². The van der Waals surface area contributed by atoms with Gasteiger partial charge < -0.3 is 29.0 Å². The number of carbonyl (C=O) groups excluding carboxylic acids is 1. The minimum absolute atomic E-state index is 0.0571. The van der Waals surface area contributed by atoms with E-state index in [9.17, 15) is 9.90 Å². The van der Waals surface area contributed by atoms with E-state index in [1.807, 2.05) is 51.7 Å². The zero-order chi connectivity index (χ0) is 29.3. The van der Waals surface area contributed by atoms with E-state index >= 15 is 0 Å². The highest BCUT2D eigenvalue weighted by atomic mass is 16.6. The zero-order valence-electron chi connectivity index (χ0n) is 26.0. The molecule has 1 spiro atoms. The number of benzene rings is 1. The van der Waals surface area contributed by atoms with Gasteiger partial charge >= 0.3 is 6.09 Å². The number of aliphatic hydroxyl groups is 1. The number of ether oxygens (including phenoxy) is 4. The van der Waals surface area contributed by atoms with Gasteiger partial charge in [0.2, 0.25) is 0 Å². The molecule has 2 fully saturated rings. The average molecular weight is 558 g/mol. The van der Waals surface area contributed by atoms with Gasteiger partial charge in [-0.1, -0.05) is 25.5 Å². The van der Waals surface area contributed by atoms with E-state index < -0.39 is 11.2 Å². The minimum Gasteiger partial charge on any atom is -0.493 e. The van der Waals surface area contributed by atoms with Crippen LogP contribution < -0.4 is 9.47 Å².